The largest absolute Gasteiger partial charge is 0.466 e. The molecule has 0 bridgehead atoms. The molecule has 3 N–H and O–H groups in total. The van der Waals surface area contributed by atoms with Gasteiger partial charge in [0.2, 0.25) is 0 Å². The molecule has 1 aromatic rings. The zero-order valence-corrected chi connectivity index (χ0v) is 12.2. The summed E-state index contributed by atoms with van der Waals surface area (Å²) in [4.78, 5) is 26.9. The van der Waals surface area contributed by atoms with E-state index in [4.69, 9.17) is 10.5 Å². The second kappa shape index (κ2) is 7.47. The summed E-state index contributed by atoms with van der Waals surface area (Å²) in [5.41, 5.74) is 7.83. The monoisotopic (exact) mass is 279 g/mol. The van der Waals surface area contributed by atoms with Gasteiger partial charge < -0.3 is 15.8 Å². The van der Waals surface area contributed by atoms with Crippen molar-refractivity contribution in [3.05, 3.63) is 23.0 Å². The van der Waals surface area contributed by atoms with Crippen LogP contribution in [0.2, 0.25) is 0 Å². The highest BCUT2D eigenvalue weighted by atomic mass is 16.5. The van der Waals surface area contributed by atoms with Gasteiger partial charge >= 0.3 is 5.97 Å². The minimum atomic E-state index is -0.511. The van der Waals surface area contributed by atoms with E-state index in [-0.39, 0.29) is 5.97 Å². The van der Waals surface area contributed by atoms with Crippen molar-refractivity contribution in [1.82, 2.24) is 4.98 Å². The zero-order chi connectivity index (χ0) is 15.1. The van der Waals surface area contributed by atoms with Gasteiger partial charge in [-0.05, 0) is 33.3 Å². The summed E-state index contributed by atoms with van der Waals surface area (Å²) in [5.74, 6) is -0.727. The lowest BCUT2D eigenvalue weighted by Gasteiger charge is -2.12. The molecule has 0 spiro atoms. The van der Waals surface area contributed by atoms with E-state index < -0.39 is 5.91 Å². The Hall–Kier alpha value is -2.11. The molecule has 0 aliphatic heterocycles. The number of primary amides is 1. The van der Waals surface area contributed by atoms with Crippen LogP contribution in [0.4, 0.5) is 5.69 Å². The molecule has 0 aromatic carbocycles. The number of amides is 1. The van der Waals surface area contributed by atoms with Crippen LogP contribution in [0.5, 0.6) is 0 Å². The maximum absolute atomic E-state index is 11.4. The molecular formula is C14H21N3O3. The Morgan fingerprint density at radius 3 is 2.70 bits per heavy atom. The number of anilines is 1. The molecule has 0 unspecified atom stereocenters. The highest BCUT2D eigenvalue weighted by molar-refractivity contribution is 5.99. The lowest BCUT2D eigenvalue weighted by atomic mass is 10.1. The molecule has 110 valence electrons. The number of carbonyl (C=O) groups excluding carboxylic acids is 2. The van der Waals surface area contributed by atoms with E-state index in [2.05, 4.69) is 10.3 Å². The summed E-state index contributed by atoms with van der Waals surface area (Å²) < 4.78 is 4.84. The van der Waals surface area contributed by atoms with Crippen LogP contribution in [0.15, 0.2) is 6.07 Å². The third-order valence-corrected chi connectivity index (χ3v) is 2.75. The van der Waals surface area contributed by atoms with Gasteiger partial charge in [-0.1, -0.05) is 0 Å². The summed E-state index contributed by atoms with van der Waals surface area (Å²) in [6.07, 6.45) is 0.966. The maximum Gasteiger partial charge on any atom is 0.305 e. The molecule has 0 fully saturated rings. The van der Waals surface area contributed by atoms with E-state index >= 15 is 0 Å². The van der Waals surface area contributed by atoms with Crippen molar-refractivity contribution >= 4 is 17.6 Å². The average molecular weight is 279 g/mol. The predicted octanol–water partition coefficient (Wildman–Crippen LogP) is 1.55. The van der Waals surface area contributed by atoms with E-state index in [1.807, 2.05) is 6.92 Å². The van der Waals surface area contributed by atoms with Crippen molar-refractivity contribution < 1.29 is 14.3 Å². The Labute approximate surface area is 118 Å². The number of nitrogens with one attached hydrogen (secondary N) is 1. The SMILES string of the molecule is CCOC(=O)CCCNc1cc(C)nc(C)c1C(N)=O. The predicted molar refractivity (Wildman–Crippen MR) is 76.6 cm³/mol. The number of esters is 1. The summed E-state index contributed by atoms with van der Waals surface area (Å²) in [7, 11) is 0. The van der Waals surface area contributed by atoms with Crippen LogP contribution in [0.1, 0.15) is 41.5 Å². The van der Waals surface area contributed by atoms with E-state index in [9.17, 15) is 9.59 Å². The van der Waals surface area contributed by atoms with Gasteiger partial charge in [-0.25, -0.2) is 0 Å². The lowest BCUT2D eigenvalue weighted by Crippen LogP contribution is -2.18. The second-order valence-electron chi connectivity index (χ2n) is 4.47. The first-order valence-electron chi connectivity index (χ1n) is 6.63. The molecule has 1 rings (SSSR count). The van der Waals surface area contributed by atoms with E-state index in [1.165, 1.54) is 0 Å². The van der Waals surface area contributed by atoms with E-state index in [0.29, 0.717) is 42.9 Å². The molecule has 0 saturated carbocycles. The van der Waals surface area contributed by atoms with Crippen LogP contribution >= 0.6 is 0 Å². The van der Waals surface area contributed by atoms with Crippen molar-refractivity contribution in [2.45, 2.75) is 33.6 Å². The number of ether oxygens (including phenoxy) is 1. The van der Waals surface area contributed by atoms with E-state index in [1.54, 1.807) is 19.9 Å². The number of aromatic nitrogens is 1. The van der Waals surface area contributed by atoms with Crippen molar-refractivity contribution in [2.75, 3.05) is 18.5 Å². The lowest BCUT2D eigenvalue weighted by molar-refractivity contribution is -0.143. The van der Waals surface area contributed by atoms with Crippen molar-refractivity contribution in [2.24, 2.45) is 5.73 Å². The number of hydrogen-bond acceptors (Lipinski definition) is 5. The molecule has 0 atom stereocenters. The van der Waals surface area contributed by atoms with Crippen LogP contribution in [0.25, 0.3) is 0 Å². The van der Waals surface area contributed by atoms with Gasteiger partial charge in [-0.2, -0.15) is 0 Å². The van der Waals surface area contributed by atoms with Crippen molar-refractivity contribution in [1.29, 1.82) is 0 Å². The Morgan fingerprint density at radius 2 is 2.10 bits per heavy atom. The molecule has 6 nitrogen and oxygen atoms in total. The average Bonchev–Trinajstić information content (AvgIpc) is 2.33. The van der Waals surface area contributed by atoms with Crippen LogP contribution in [-0.2, 0) is 9.53 Å². The number of carbonyl (C=O) groups is 2. The quantitative estimate of drug-likeness (QED) is 0.583. The van der Waals surface area contributed by atoms with Crippen molar-refractivity contribution in [3.63, 3.8) is 0 Å². The molecular weight excluding hydrogens is 258 g/mol. The fourth-order valence-corrected chi connectivity index (χ4v) is 1.97. The third kappa shape index (κ3) is 4.53. The standard InChI is InChI=1S/C14H21N3O3/c1-4-20-12(18)6-5-7-16-11-8-9(2)17-10(3)13(11)14(15)19/h8H,4-7H2,1-3H3,(H2,15,19)(H,16,17). The molecule has 0 aliphatic rings. The first kappa shape index (κ1) is 15.9. The number of aryl methyl sites for hydroxylation is 2. The summed E-state index contributed by atoms with van der Waals surface area (Å²) in [6.45, 7) is 6.32. The first-order valence-corrected chi connectivity index (χ1v) is 6.63. The molecule has 1 amide bonds. The van der Waals surface area contributed by atoms with Gasteiger partial charge in [-0.15, -0.1) is 0 Å². The molecule has 0 saturated heterocycles. The third-order valence-electron chi connectivity index (χ3n) is 2.75. The normalized spacial score (nSPS) is 10.2. The zero-order valence-electron chi connectivity index (χ0n) is 12.2. The smallest absolute Gasteiger partial charge is 0.305 e. The van der Waals surface area contributed by atoms with Gasteiger partial charge in [0.1, 0.15) is 0 Å². The van der Waals surface area contributed by atoms with Crippen LogP contribution in [0, 0.1) is 13.8 Å². The first-order chi connectivity index (χ1) is 9.45. The van der Waals surface area contributed by atoms with Gasteiger partial charge in [0.15, 0.2) is 0 Å². The number of rotatable bonds is 7. The number of pyridine rings is 1. The van der Waals surface area contributed by atoms with Gasteiger partial charge in [0.05, 0.1) is 23.6 Å². The Kier molecular flexibility index (Phi) is 5.96. The maximum atomic E-state index is 11.4. The Balaban J connectivity index is 2.64. The topological polar surface area (TPSA) is 94.3 Å². The Bertz CT molecular complexity index is 501. The second-order valence-corrected chi connectivity index (χ2v) is 4.47. The van der Waals surface area contributed by atoms with Gasteiger partial charge in [-0.3, -0.25) is 14.6 Å². The number of hydrogen-bond donors (Lipinski definition) is 2. The molecule has 6 heteroatoms. The minimum absolute atomic E-state index is 0.216. The van der Waals surface area contributed by atoms with Crippen LogP contribution in [0.3, 0.4) is 0 Å². The summed E-state index contributed by atoms with van der Waals surface area (Å²) >= 11 is 0. The number of nitrogens with zero attached hydrogens (tertiary/aromatic N) is 1. The minimum Gasteiger partial charge on any atom is -0.466 e. The fourth-order valence-electron chi connectivity index (χ4n) is 1.97. The highest BCUT2D eigenvalue weighted by Crippen LogP contribution is 2.19. The Morgan fingerprint density at radius 1 is 1.40 bits per heavy atom. The van der Waals surface area contributed by atoms with Gasteiger partial charge in [0.25, 0.3) is 5.91 Å². The van der Waals surface area contributed by atoms with Crippen LogP contribution in [-0.4, -0.2) is 30.0 Å². The van der Waals surface area contributed by atoms with E-state index in [0.717, 1.165) is 5.69 Å². The molecule has 0 aliphatic carbocycles. The number of nitrogens with two attached hydrogens (primary N) is 1. The van der Waals surface area contributed by atoms with Gasteiger partial charge in [0, 0.05) is 18.7 Å². The molecule has 0 radical (unpaired) electrons. The summed E-state index contributed by atoms with van der Waals surface area (Å²) in [5, 5.41) is 3.13. The molecule has 1 heterocycles. The highest BCUT2D eigenvalue weighted by Gasteiger charge is 2.13. The summed E-state index contributed by atoms with van der Waals surface area (Å²) in [6, 6.07) is 1.78. The van der Waals surface area contributed by atoms with Crippen LogP contribution < -0.4 is 11.1 Å². The molecule has 20 heavy (non-hydrogen) atoms. The fraction of sp³-hybridized carbons (Fsp3) is 0.500. The molecule has 1 aromatic heterocycles. The van der Waals surface area contributed by atoms with Crippen molar-refractivity contribution in [3.8, 4) is 0 Å².